The van der Waals surface area contributed by atoms with Crippen molar-refractivity contribution in [2.45, 2.75) is 6.42 Å². The van der Waals surface area contributed by atoms with E-state index in [1.165, 1.54) is 11.3 Å². The molecule has 0 unspecified atom stereocenters. The van der Waals surface area contributed by atoms with Crippen LogP contribution in [0.1, 0.15) is 16.9 Å². The molecule has 0 saturated carbocycles. The van der Waals surface area contributed by atoms with Gasteiger partial charge < -0.3 is 19.9 Å². The lowest BCUT2D eigenvalue weighted by atomic mass is 10.3. The zero-order chi connectivity index (χ0) is 17.5. The lowest BCUT2D eigenvalue weighted by Gasteiger charge is -2.05. The average molecular weight is 359 g/mol. The van der Waals surface area contributed by atoms with Crippen LogP contribution in [-0.4, -0.2) is 41.2 Å². The number of anilines is 1. The Hall–Kier alpha value is -2.94. The molecule has 2 N–H and O–H groups in total. The van der Waals surface area contributed by atoms with Crippen LogP contribution in [0.5, 0.6) is 5.75 Å². The molecule has 3 heterocycles. The molecule has 9 heteroatoms. The minimum absolute atomic E-state index is 0.257. The molecule has 0 fully saturated rings. The summed E-state index contributed by atoms with van der Waals surface area (Å²) in [5, 5.41) is 11.6. The summed E-state index contributed by atoms with van der Waals surface area (Å²) >= 11 is 1.53. The number of ether oxygens (including phenoxy) is 1. The Bertz CT molecular complexity index is 802. The Labute approximate surface area is 148 Å². The molecule has 0 aromatic carbocycles. The first-order valence-corrected chi connectivity index (χ1v) is 8.53. The van der Waals surface area contributed by atoms with Crippen molar-refractivity contribution in [1.82, 2.24) is 20.4 Å². The van der Waals surface area contributed by atoms with E-state index in [1.54, 1.807) is 25.6 Å². The van der Waals surface area contributed by atoms with Gasteiger partial charge in [-0.05, 0) is 17.9 Å². The number of hydrogen-bond donors (Lipinski definition) is 2. The number of nitrogens with zero attached hydrogens (tertiary/aromatic N) is 3. The maximum atomic E-state index is 12.0. The molecule has 0 atom stereocenters. The van der Waals surface area contributed by atoms with Crippen molar-refractivity contribution in [3.63, 3.8) is 0 Å². The van der Waals surface area contributed by atoms with Crippen molar-refractivity contribution in [3.05, 3.63) is 41.7 Å². The number of carbonyl (C=O) groups excluding carboxylic acids is 1. The maximum Gasteiger partial charge on any atom is 0.273 e. The Morgan fingerprint density at radius 3 is 2.88 bits per heavy atom. The fourth-order valence-corrected chi connectivity index (χ4v) is 2.68. The lowest BCUT2D eigenvalue weighted by Crippen LogP contribution is -2.26. The predicted octanol–water partition coefficient (Wildman–Crippen LogP) is 2.43. The normalized spacial score (nSPS) is 10.4. The van der Waals surface area contributed by atoms with E-state index in [0.717, 1.165) is 11.3 Å². The monoisotopic (exact) mass is 359 g/mol. The molecule has 0 aliphatic carbocycles. The van der Waals surface area contributed by atoms with Crippen LogP contribution < -0.4 is 15.4 Å². The van der Waals surface area contributed by atoms with Crippen LogP contribution in [0.3, 0.4) is 0 Å². The molecule has 0 aliphatic heterocycles. The highest BCUT2D eigenvalue weighted by atomic mass is 32.1. The molecular weight excluding hydrogens is 342 g/mol. The second-order valence-corrected chi connectivity index (χ2v) is 5.98. The average Bonchev–Trinajstić information content (AvgIpc) is 3.33. The zero-order valence-electron chi connectivity index (χ0n) is 13.6. The molecule has 0 saturated heterocycles. The van der Waals surface area contributed by atoms with Crippen LogP contribution >= 0.6 is 11.3 Å². The van der Waals surface area contributed by atoms with Gasteiger partial charge >= 0.3 is 0 Å². The molecule has 1 amide bonds. The third-order valence-electron chi connectivity index (χ3n) is 3.29. The molecule has 3 rings (SSSR count). The van der Waals surface area contributed by atoms with Crippen molar-refractivity contribution in [1.29, 1.82) is 0 Å². The standard InChI is InChI=1S/C16H17N5O3S/c1-23-11-9-19-16(20-10-11)18-6-3-5-17-15(22)12-8-13(24-21-12)14-4-2-7-25-14/h2,4,7-10H,3,5-6H2,1H3,(H,17,22)(H,18,19,20). The predicted molar refractivity (Wildman–Crippen MR) is 93.8 cm³/mol. The highest BCUT2D eigenvalue weighted by molar-refractivity contribution is 7.13. The molecule has 0 aliphatic rings. The van der Waals surface area contributed by atoms with Gasteiger partial charge in [0.1, 0.15) is 0 Å². The van der Waals surface area contributed by atoms with Gasteiger partial charge in [-0.15, -0.1) is 11.3 Å². The second-order valence-electron chi connectivity index (χ2n) is 5.04. The first-order valence-electron chi connectivity index (χ1n) is 7.65. The van der Waals surface area contributed by atoms with Gasteiger partial charge in [-0.25, -0.2) is 9.97 Å². The van der Waals surface area contributed by atoms with Crippen LogP contribution in [0.4, 0.5) is 5.95 Å². The largest absolute Gasteiger partial charge is 0.494 e. The minimum Gasteiger partial charge on any atom is -0.494 e. The summed E-state index contributed by atoms with van der Waals surface area (Å²) in [5.74, 6) is 1.46. The number of rotatable bonds is 8. The fraction of sp³-hybridized carbons (Fsp3) is 0.250. The molecule has 0 radical (unpaired) electrons. The van der Waals surface area contributed by atoms with E-state index in [1.807, 2.05) is 17.5 Å². The van der Waals surface area contributed by atoms with Crippen LogP contribution in [0.2, 0.25) is 0 Å². The highest BCUT2D eigenvalue weighted by Gasteiger charge is 2.13. The third-order valence-corrected chi connectivity index (χ3v) is 4.18. The van der Waals surface area contributed by atoms with E-state index >= 15 is 0 Å². The number of thiophene rings is 1. The van der Waals surface area contributed by atoms with Crippen molar-refractivity contribution in [3.8, 4) is 16.4 Å². The Morgan fingerprint density at radius 1 is 1.32 bits per heavy atom. The first kappa shape index (κ1) is 16.9. The van der Waals surface area contributed by atoms with Gasteiger partial charge in [0.15, 0.2) is 17.2 Å². The van der Waals surface area contributed by atoms with Gasteiger partial charge in [0, 0.05) is 19.2 Å². The van der Waals surface area contributed by atoms with Crippen molar-refractivity contribution in [2.75, 3.05) is 25.5 Å². The highest BCUT2D eigenvalue weighted by Crippen LogP contribution is 2.24. The smallest absolute Gasteiger partial charge is 0.273 e. The maximum absolute atomic E-state index is 12.0. The van der Waals surface area contributed by atoms with Crippen LogP contribution in [-0.2, 0) is 0 Å². The van der Waals surface area contributed by atoms with E-state index in [-0.39, 0.29) is 11.6 Å². The Kier molecular flexibility index (Phi) is 5.57. The summed E-state index contributed by atoms with van der Waals surface area (Å²) in [5.41, 5.74) is 0.273. The molecule has 3 aromatic heterocycles. The number of carbonyl (C=O) groups is 1. The first-order chi connectivity index (χ1) is 12.3. The van der Waals surface area contributed by atoms with Gasteiger partial charge in [0.2, 0.25) is 5.95 Å². The van der Waals surface area contributed by atoms with Gasteiger partial charge in [0.25, 0.3) is 5.91 Å². The van der Waals surface area contributed by atoms with E-state index in [2.05, 4.69) is 25.8 Å². The molecule has 0 bridgehead atoms. The summed E-state index contributed by atoms with van der Waals surface area (Å²) < 4.78 is 10.2. The lowest BCUT2D eigenvalue weighted by molar-refractivity contribution is 0.0944. The number of hydrogen-bond acceptors (Lipinski definition) is 8. The second kappa shape index (κ2) is 8.25. The molecule has 25 heavy (non-hydrogen) atoms. The number of nitrogens with one attached hydrogen (secondary N) is 2. The Morgan fingerprint density at radius 2 is 2.16 bits per heavy atom. The van der Waals surface area contributed by atoms with Gasteiger partial charge in [-0.1, -0.05) is 11.2 Å². The summed E-state index contributed by atoms with van der Waals surface area (Å²) in [6.45, 7) is 1.13. The summed E-state index contributed by atoms with van der Waals surface area (Å²) in [4.78, 5) is 21.2. The summed E-state index contributed by atoms with van der Waals surface area (Å²) in [6, 6.07) is 5.48. The SMILES string of the molecule is COc1cnc(NCCCNC(=O)c2cc(-c3cccs3)on2)nc1. The molecule has 8 nitrogen and oxygen atoms in total. The van der Waals surface area contributed by atoms with Crippen LogP contribution in [0.25, 0.3) is 10.6 Å². The van der Waals surface area contributed by atoms with Gasteiger partial charge in [0.05, 0.1) is 24.4 Å². The summed E-state index contributed by atoms with van der Waals surface area (Å²) in [7, 11) is 1.56. The van der Waals surface area contributed by atoms with Crippen molar-refractivity contribution in [2.24, 2.45) is 0 Å². The quantitative estimate of drug-likeness (QED) is 0.596. The van der Waals surface area contributed by atoms with Crippen molar-refractivity contribution >= 4 is 23.2 Å². The Balaban J connectivity index is 1.39. The van der Waals surface area contributed by atoms with E-state index < -0.39 is 0 Å². The van der Waals surface area contributed by atoms with Crippen LogP contribution in [0.15, 0.2) is 40.5 Å². The molecule has 0 spiro atoms. The molecule has 3 aromatic rings. The zero-order valence-corrected chi connectivity index (χ0v) is 14.4. The van der Waals surface area contributed by atoms with E-state index in [4.69, 9.17) is 9.26 Å². The fourth-order valence-electron chi connectivity index (χ4n) is 2.01. The topological polar surface area (TPSA) is 102 Å². The minimum atomic E-state index is -0.257. The number of amides is 1. The van der Waals surface area contributed by atoms with E-state index in [9.17, 15) is 4.79 Å². The van der Waals surface area contributed by atoms with E-state index in [0.29, 0.717) is 30.5 Å². The number of aromatic nitrogens is 3. The molecular formula is C16H17N5O3S. The van der Waals surface area contributed by atoms with Crippen molar-refractivity contribution < 1.29 is 14.1 Å². The van der Waals surface area contributed by atoms with Gasteiger partial charge in [-0.2, -0.15) is 0 Å². The van der Waals surface area contributed by atoms with Gasteiger partial charge in [-0.3, -0.25) is 4.79 Å². The molecule has 130 valence electrons. The van der Waals surface area contributed by atoms with Crippen LogP contribution in [0, 0.1) is 0 Å². The third kappa shape index (κ3) is 4.54. The summed E-state index contributed by atoms with van der Waals surface area (Å²) in [6.07, 6.45) is 3.90. The number of methoxy groups -OCH3 is 1.